The molecule has 108 valence electrons. The van der Waals surface area contributed by atoms with E-state index in [4.69, 9.17) is 4.74 Å². The van der Waals surface area contributed by atoms with Gasteiger partial charge in [0.25, 0.3) is 0 Å². The van der Waals surface area contributed by atoms with E-state index in [9.17, 15) is 10.1 Å². The van der Waals surface area contributed by atoms with E-state index in [1.807, 2.05) is 54.6 Å². The van der Waals surface area contributed by atoms with Gasteiger partial charge in [-0.15, -0.1) is 0 Å². The minimum Gasteiger partial charge on any atom is -0.467 e. The zero-order chi connectivity index (χ0) is 15.5. The Morgan fingerprint density at radius 2 is 1.82 bits per heavy atom. The summed E-state index contributed by atoms with van der Waals surface area (Å²) in [6, 6.07) is 20.2. The van der Waals surface area contributed by atoms with Gasteiger partial charge in [0, 0.05) is 5.39 Å². The molecule has 1 unspecified atom stereocenters. The molecule has 2 aromatic carbocycles. The minimum atomic E-state index is -0.680. The van der Waals surface area contributed by atoms with Gasteiger partial charge >= 0.3 is 5.97 Å². The SMILES string of the molecule is COC(=O)C(c1ccccc1)n1c(C#N)cc2ccccc21. The number of ether oxygens (including phenoxy) is 1. The van der Waals surface area contributed by atoms with E-state index < -0.39 is 12.0 Å². The molecule has 22 heavy (non-hydrogen) atoms. The molecule has 0 aliphatic carbocycles. The van der Waals surface area contributed by atoms with Crippen molar-refractivity contribution in [3.05, 3.63) is 71.9 Å². The molecule has 0 bridgehead atoms. The van der Waals surface area contributed by atoms with Gasteiger partial charge in [-0.3, -0.25) is 0 Å². The summed E-state index contributed by atoms with van der Waals surface area (Å²) in [7, 11) is 1.36. The molecule has 0 aliphatic heterocycles. The molecule has 3 rings (SSSR count). The third-order valence-corrected chi connectivity index (χ3v) is 3.66. The number of aromatic nitrogens is 1. The lowest BCUT2D eigenvalue weighted by molar-refractivity contribution is -0.143. The Morgan fingerprint density at radius 3 is 2.50 bits per heavy atom. The normalized spacial score (nSPS) is 11.8. The number of nitriles is 1. The monoisotopic (exact) mass is 290 g/mol. The Morgan fingerprint density at radius 1 is 1.14 bits per heavy atom. The van der Waals surface area contributed by atoms with Crippen LogP contribution in [0.3, 0.4) is 0 Å². The summed E-state index contributed by atoms with van der Waals surface area (Å²) in [5, 5.41) is 10.4. The van der Waals surface area contributed by atoms with Gasteiger partial charge in [-0.05, 0) is 17.7 Å². The van der Waals surface area contributed by atoms with Gasteiger partial charge in [0.1, 0.15) is 11.8 Å². The molecular weight excluding hydrogens is 276 g/mol. The Bertz CT molecular complexity index is 860. The van der Waals surface area contributed by atoms with Gasteiger partial charge in [0.2, 0.25) is 0 Å². The average Bonchev–Trinajstić information content (AvgIpc) is 2.94. The molecule has 0 radical (unpaired) electrons. The Hall–Kier alpha value is -3.06. The first-order valence-electron chi connectivity index (χ1n) is 6.89. The highest BCUT2D eigenvalue weighted by atomic mass is 16.5. The zero-order valence-electron chi connectivity index (χ0n) is 12.1. The van der Waals surface area contributed by atoms with Crippen molar-refractivity contribution in [2.45, 2.75) is 6.04 Å². The van der Waals surface area contributed by atoms with Gasteiger partial charge in [0.05, 0.1) is 12.6 Å². The fourth-order valence-corrected chi connectivity index (χ4v) is 2.68. The maximum absolute atomic E-state index is 12.4. The van der Waals surface area contributed by atoms with Gasteiger partial charge in [-0.2, -0.15) is 5.26 Å². The molecule has 0 amide bonds. The number of esters is 1. The Labute approximate surface area is 128 Å². The van der Waals surface area contributed by atoms with E-state index >= 15 is 0 Å². The maximum Gasteiger partial charge on any atom is 0.333 e. The van der Waals surface area contributed by atoms with Gasteiger partial charge in [0.15, 0.2) is 6.04 Å². The fraction of sp³-hybridized carbons (Fsp3) is 0.111. The molecule has 0 saturated heterocycles. The highest BCUT2D eigenvalue weighted by Gasteiger charge is 2.27. The first-order chi connectivity index (χ1) is 10.8. The number of hydrogen-bond donors (Lipinski definition) is 0. The van der Waals surface area contributed by atoms with Gasteiger partial charge < -0.3 is 9.30 Å². The van der Waals surface area contributed by atoms with Crippen LogP contribution in [0.25, 0.3) is 10.9 Å². The second-order valence-corrected chi connectivity index (χ2v) is 4.91. The number of benzene rings is 2. The molecule has 0 fully saturated rings. The lowest BCUT2D eigenvalue weighted by atomic mass is 10.1. The van der Waals surface area contributed by atoms with Crippen LogP contribution < -0.4 is 0 Å². The van der Waals surface area contributed by atoms with E-state index in [1.165, 1.54) is 7.11 Å². The molecule has 0 aliphatic rings. The molecule has 0 spiro atoms. The van der Waals surface area contributed by atoms with Crippen molar-refractivity contribution in [3.8, 4) is 6.07 Å². The lowest BCUT2D eigenvalue weighted by Crippen LogP contribution is -2.23. The third kappa shape index (κ3) is 2.23. The van der Waals surface area contributed by atoms with Crippen molar-refractivity contribution >= 4 is 16.9 Å². The summed E-state index contributed by atoms with van der Waals surface area (Å²) in [4.78, 5) is 12.4. The number of carbonyl (C=O) groups is 1. The zero-order valence-corrected chi connectivity index (χ0v) is 12.1. The molecule has 0 N–H and O–H groups in total. The van der Waals surface area contributed by atoms with E-state index in [1.54, 1.807) is 10.6 Å². The van der Waals surface area contributed by atoms with Crippen LogP contribution in [0, 0.1) is 11.3 Å². The lowest BCUT2D eigenvalue weighted by Gasteiger charge is -2.19. The van der Waals surface area contributed by atoms with Crippen molar-refractivity contribution < 1.29 is 9.53 Å². The topological polar surface area (TPSA) is 55.0 Å². The fourth-order valence-electron chi connectivity index (χ4n) is 2.68. The van der Waals surface area contributed by atoms with Crippen molar-refractivity contribution in [2.75, 3.05) is 7.11 Å². The predicted octanol–water partition coefficient (Wildman–Crippen LogP) is 3.28. The first-order valence-corrected chi connectivity index (χ1v) is 6.89. The summed E-state index contributed by atoms with van der Waals surface area (Å²) >= 11 is 0. The van der Waals surface area contributed by atoms with E-state index in [2.05, 4.69) is 6.07 Å². The third-order valence-electron chi connectivity index (χ3n) is 3.66. The van der Waals surface area contributed by atoms with Crippen LogP contribution in [-0.2, 0) is 9.53 Å². The number of methoxy groups -OCH3 is 1. The Balaban J connectivity index is 2.29. The van der Waals surface area contributed by atoms with Crippen molar-refractivity contribution in [1.82, 2.24) is 4.57 Å². The summed E-state index contributed by atoms with van der Waals surface area (Å²) < 4.78 is 6.70. The minimum absolute atomic E-state index is 0.399. The standard InChI is InChI=1S/C18H14N2O2/c1-22-18(21)17(13-7-3-2-4-8-13)20-15(12-19)11-14-9-5-6-10-16(14)20/h2-11,17H,1H3. The summed E-state index contributed by atoms with van der Waals surface area (Å²) in [5.41, 5.74) is 2.05. The van der Waals surface area contributed by atoms with Crippen molar-refractivity contribution in [3.63, 3.8) is 0 Å². The van der Waals surface area contributed by atoms with Crippen molar-refractivity contribution in [1.29, 1.82) is 5.26 Å². The molecule has 4 nitrogen and oxygen atoms in total. The summed E-state index contributed by atoms with van der Waals surface area (Å²) in [6.07, 6.45) is 0. The first kappa shape index (κ1) is 13.9. The van der Waals surface area contributed by atoms with E-state index in [0.29, 0.717) is 5.69 Å². The number of para-hydroxylation sites is 1. The van der Waals surface area contributed by atoms with E-state index in [-0.39, 0.29) is 0 Å². The van der Waals surface area contributed by atoms with Crippen LogP contribution in [-0.4, -0.2) is 17.6 Å². The molecule has 3 aromatic rings. The summed E-state index contributed by atoms with van der Waals surface area (Å²) in [5.74, 6) is -0.399. The molecule has 1 atom stereocenters. The van der Waals surface area contributed by atoms with Gasteiger partial charge in [-0.25, -0.2) is 4.79 Å². The predicted molar refractivity (Wildman–Crippen MR) is 83.3 cm³/mol. The van der Waals surface area contributed by atoms with Crippen LogP contribution in [0.1, 0.15) is 17.3 Å². The van der Waals surface area contributed by atoms with Gasteiger partial charge in [-0.1, -0.05) is 48.5 Å². The quantitative estimate of drug-likeness (QED) is 0.696. The second-order valence-electron chi connectivity index (χ2n) is 4.91. The number of rotatable bonds is 3. The molecule has 1 heterocycles. The molecular formula is C18H14N2O2. The number of carbonyl (C=O) groups excluding carboxylic acids is 1. The number of nitrogens with zero attached hydrogens (tertiary/aromatic N) is 2. The van der Waals surface area contributed by atoms with Crippen LogP contribution in [0.4, 0.5) is 0 Å². The highest BCUT2D eigenvalue weighted by Crippen LogP contribution is 2.29. The van der Waals surface area contributed by atoms with Crippen LogP contribution in [0.15, 0.2) is 60.7 Å². The summed E-state index contributed by atoms with van der Waals surface area (Å²) in [6.45, 7) is 0. The van der Waals surface area contributed by atoms with Crippen molar-refractivity contribution in [2.24, 2.45) is 0 Å². The number of fused-ring (bicyclic) bond motifs is 1. The van der Waals surface area contributed by atoms with Crippen LogP contribution in [0.2, 0.25) is 0 Å². The maximum atomic E-state index is 12.4. The molecule has 0 saturated carbocycles. The average molecular weight is 290 g/mol. The molecule has 4 heteroatoms. The highest BCUT2D eigenvalue weighted by molar-refractivity contribution is 5.87. The van der Waals surface area contributed by atoms with Crippen LogP contribution in [0.5, 0.6) is 0 Å². The smallest absolute Gasteiger partial charge is 0.333 e. The van der Waals surface area contributed by atoms with Crippen LogP contribution >= 0.6 is 0 Å². The van der Waals surface area contributed by atoms with E-state index in [0.717, 1.165) is 16.5 Å². The Kier molecular flexibility index (Phi) is 3.63. The largest absolute Gasteiger partial charge is 0.467 e. The molecule has 1 aromatic heterocycles. The number of hydrogen-bond acceptors (Lipinski definition) is 3. The second kappa shape index (κ2) is 5.74.